The molecule has 4 unspecified atom stereocenters. The summed E-state index contributed by atoms with van der Waals surface area (Å²) < 4.78 is 23.7. The number of nitrogens with zero attached hydrogens (tertiary/aromatic N) is 1. The smallest absolute Gasteiger partial charge is 0.291 e. The van der Waals surface area contributed by atoms with Crippen LogP contribution in [0.3, 0.4) is 0 Å². The molecule has 9 heteroatoms. The van der Waals surface area contributed by atoms with Crippen LogP contribution in [0, 0.1) is 10.1 Å². The quantitative estimate of drug-likeness (QED) is 0.150. The van der Waals surface area contributed by atoms with Crippen molar-refractivity contribution in [2.24, 2.45) is 0 Å². The third kappa shape index (κ3) is 7.39. The Kier molecular flexibility index (Phi) is 12.4. The molecule has 0 aliphatic heterocycles. The summed E-state index contributed by atoms with van der Waals surface area (Å²) in [6.45, 7) is 2.15. The van der Waals surface area contributed by atoms with E-state index in [1.807, 2.05) is 0 Å². The number of methoxy groups -OCH3 is 4. The summed E-state index contributed by atoms with van der Waals surface area (Å²) in [5.41, 5.74) is 2.46. The summed E-state index contributed by atoms with van der Waals surface area (Å²) in [6, 6.07) is 33.2. The zero-order chi connectivity index (χ0) is 29.8. The first-order valence-electron chi connectivity index (χ1n) is 13.5. The van der Waals surface area contributed by atoms with Crippen molar-refractivity contribution in [2.75, 3.05) is 34.6 Å². The van der Waals surface area contributed by atoms with E-state index < -0.39 is 12.3 Å². The van der Waals surface area contributed by atoms with E-state index in [9.17, 15) is 0 Å². The zero-order valence-electron chi connectivity index (χ0n) is 24.4. The Balaban J connectivity index is 0.00000108. The Morgan fingerprint density at radius 3 is 1.41 bits per heavy atom. The van der Waals surface area contributed by atoms with E-state index in [1.54, 1.807) is 28.4 Å². The average Bonchev–Trinajstić information content (AvgIpc) is 3.00. The van der Waals surface area contributed by atoms with Gasteiger partial charge < -0.3 is 24.2 Å². The number of benzene rings is 3. The highest BCUT2D eigenvalue weighted by Gasteiger charge is 2.47. The first-order chi connectivity index (χ1) is 19.8. The van der Waals surface area contributed by atoms with Crippen molar-refractivity contribution in [1.82, 2.24) is 0 Å². The fourth-order valence-corrected chi connectivity index (χ4v) is 10.4. The van der Waals surface area contributed by atoms with Crippen molar-refractivity contribution in [2.45, 2.75) is 44.2 Å². The lowest BCUT2D eigenvalue weighted by atomic mass is 9.81. The molecule has 0 amide bonds. The SMILES string of the molecule is COC1C(C)=C(CCC[P+](c2ccccc2)(c2ccccc2)c2ccccc2)C(OC)C(OC)C1OC.O=[N+]([O-])O. The largest absolute Gasteiger partial charge is 0.376 e. The van der Waals surface area contributed by atoms with Gasteiger partial charge in [0.05, 0.1) is 6.16 Å². The maximum absolute atomic E-state index is 8.36. The van der Waals surface area contributed by atoms with Gasteiger partial charge in [-0.3, -0.25) is 0 Å². The molecule has 0 saturated carbocycles. The fraction of sp³-hybridized carbons (Fsp3) is 0.375. The van der Waals surface area contributed by atoms with Gasteiger partial charge in [0.15, 0.2) is 0 Å². The fourth-order valence-electron chi connectivity index (χ4n) is 6.03. The minimum absolute atomic E-state index is 0.159. The highest BCUT2D eigenvalue weighted by Crippen LogP contribution is 2.56. The predicted molar refractivity (Wildman–Crippen MR) is 164 cm³/mol. The Hall–Kier alpha value is -3.13. The normalized spacial score (nSPS) is 20.7. The Morgan fingerprint density at radius 2 is 1.07 bits per heavy atom. The summed E-state index contributed by atoms with van der Waals surface area (Å²) in [5, 5.41) is 17.9. The zero-order valence-corrected chi connectivity index (χ0v) is 25.3. The highest BCUT2D eigenvalue weighted by molar-refractivity contribution is 7.95. The molecule has 8 nitrogen and oxygen atoms in total. The van der Waals surface area contributed by atoms with Gasteiger partial charge in [-0.15, -0.1) is 10.1 Å². The number of ether oxygens (including phenoxy) is 4. The van der Waals surface area contributed by atoms with Crippen molar-refractivity contribution in [1.29, 1.82) is 0 Å². The van der Waals surface area contributed by atoms with Gasteiger partial charge in [0.25, 0.3) is 5.09 Å². The standard InChI is InChI=1S/C32H40O4P.HNO3/c1-24-28(30(34-3)32(36-5)31(35-4)29(24)33-2)22-15-23-37(25-16-9-6-10-17-25,26-18-11-7-12-19-26)27-20-13-8-14-21-27;2-1(3)4/h6-14,16-21,29-32H,15,22-23H2,1-5H3;(H,2,3,4)/q+1;. The molecule has 0 heterocycles. The van der Waals surface area contributed by atoms with Crippen molar-refractivity contribution in [3.05, 3.63) is 112 Å². The van der Waals surface area contributed by atoms with Gasteiger partial charge in [-0.1, -0.05) is 54.6 Å². The van der Waals surface area contributed by atoms with Crippen LogP contribution in [0.4, 0.5) is 0 Å². The molecular weight excluding hydrogens is 541 g/mol. The lowest BCUT2D eigenvalue weighted by molar-refractivity contribution is -0.742. The van der Waals surface area contributed by atoms with Gasteiger partial charge in [-0.2, -0.15) is 0 Å². The van der Waals surface area contributed by atoms with Gasteiger partial charge in [0.1, 0.15) is 47.6 Å². The molecule has 0 fully saturated rings. The molecule has 0 spiro atoms. The molecular formula is C32H41NO7P+. The topological polar surface area (TPSA) is 100 Å². The van der Waals surface area contributed by atoms with E-state index in [4.69, 9.17) is 34.3 Å². The second kappa shape index (κ2) is 15.8. The minimum atomic E-state index is -1.88. The summed E-state index contributed by atoms with van der Waals surface area (Å²) in [7, 11) is 5.07. The van der Waals surface area contributed by atoms with Crippen LogP contribution in [0.15, 0.2) is 102 Å². The number of hydrogen-bond donors (Lipinski definition) is 1. The average molecular weight is 583 g/mol. The second-order valence-corrected chi connectivity index (χ2v) is 13.4. The van der Waals surface area contributed by atoms with Gasteiger partial charge in [-0.05, 0) is 67.3 Å². The van der Waals surface area contributed by atoms with Crippen LogP contribution in [-0.2, 0) is 18.9 Å². The second-order valence-electron chi connectivity index (χ2n) is 9.80. The van der Waals surface area contributed by atoms with Gasteiger partial charge >= 0.3 is 0 Å². The molecule has 0 aromatic heterocycles. The molecule has 0 radical (unpaired) electrons. The Bertz CT molecular complexity index is 1140. The molecule has 3 aromatic rings. The lowest BCUT2D eigenvalue weighted by Crippen LogP contribution is -2.53. The minimum Gasteiger partial charge on any atom is -0.376 e. The molecule has 220 valence electrons. The summed E-state index contributed by atoms with van der Waals surface area (Å²) >= 11 is 0. The van der Waals surface area contributed by atoms with Crippen LogP contribution in [-0.4, -0.2) is 69.3 Å². The lowest BCUT2D eigenvalue weighted by Gasteiger charge is -2.42. The molecule has 41 heavy (non-hydrogen) atoms. The molecule has 0 bridgehead atoms. The van der Waals surface area contributed by atoms with Crippen LogP contribution in [0.25, 0.3) is 0 Å². The molecule has 4 atom stereocenters. The summed E-state index contributed by atoms with van der Waals surface area (Å²) in [5.74, 6) is 0. The van der Waals surface area contributed by atoms with Gasteiger partial charge in [0, 0.05) is 28.4 Å². The van der Waals surface area contributed by atoms with Crippen LogP contribution >= 0.6 is 7.26 Å². The highest BCUT2D eigenvalue weighted by atomic mass is 31.2. The molecule has 1 N–H and O–H groups in total. The third-order valence-corrected chi connectivity index (χ3v) is 12.3. The number of rotatable bonds is 11. The maximum atomic E-state index is 8.36. The van der Waals surface area contributed by atoms with Crippen molar-refractivity contribution >= 4 is 23.2 Å². The van der Waals surface area contributed by atoms with E-state index >= 15 is 0 Å². The molecule has 1 aliphatic rings. The molecule has 3 aromatic carbocycles. The Labute approximate surface area is 243 Å². The van der Waals surface area contributed by atoms with E-state index in [1.165, 1.54) is 27.1 Å². The maximum Gasteiger partial charge on any atom is 0.291 e. The molecule has 4 rings (SSSR count). The Morgan fingerprint density at radius 1 is 0.707 bits per heavy atom. The van der Waals surface area contributed by atoms with Crippen LogP contribution in [0.5, 0.6) is 0 Å². The van der Waals surface area contributed by atoms with Crippen molar-refractivity contribution in [3.63, 3.8) is 0 Å². The van der Waals surface area contributed by atoms with Crippen LogP contribution in [0.1, 0.15) is 19.8 Å². The van der Waals surface area contributed by atoms with Crippen LogP contribution < -0.4 is 15.9 Å². The first kappa shape index (κ1) is 32.4. The molecule has 0 saturated heterocycles. The van der Waals surface area contributed by atoms with E-state index in [0.717, 1.165) is 19.0 Å². The van der Waals surface area contributed by atoms with E-state index in [-0.39, 0.29) is 24.4 Å². The van der Waals surface area contributed by atoms with Gasteiger partial charge in [0.2, 0.25) is 0 Å². The summed E-state index contributed by atoms with van der Waals surface area (Å²) in [6.07, 6.45) is 2.22. The van der Waals surface area contributed by atoms with Crippen molar-refractivity contribution in [3.8, 4) is 0 Å². The van der Waals surface area contributed by atoms with E-state index in [0.29, 0.717) is 0 Å². The predicted octanol–water partition coefficient (Wildman–Crippen LogP) is 4.80. The van der Waals surface area contributed by atoms with Crippen LogP contribution in [0.2, 0.25) is 0 Å². The summed E-state index contributed by atoms with van der Waals surface area (Å²) in [4.78, 5) is 8.36. The molecule has 1 aliphatic carbocycles. The monoisotopic (exact) mass is 582 g/mol. The number of hydrogen-bond acceptors (Lipinski definition) is 6. The van der Waals surface area contributed by atoms with Crippen molar-refractivity contribution < 1.29 is 29.2 Å². The van der Waals surface area contributed by atoms with Gasteiger partial charge in [-0.25, -0.2) is 0 Å². The van der Waals surface area contributed by atoms with E-state index in [2.05, 4.69) is 97.9 Å². The third-order valence-electron chi connectivity index (χ3n) is 7.78. The first-order valence-corrected chi connectivity index (χ1v) is 15.5.